The third kappa shape index (κ3) is 4.55. The van der Waals surface area contributed by atoms with Crippen molar-refractivity contribution < 1.29 is 14.3 Å². The smallest absolute Gasteiger partial charge is 0.308 e. The molecule has 3 unspecified atom stereocenters. The van der Waals surface area contributed by atoms with E-state index in [4.69, 9.17) is 10.5 Å². The molecule has 0 radical (unpaired) electrons. The number of carbonyl (C=O) groups is 2. The minimum Gasteiger partial charge on any atom is -0.442 e. The van der Waals surface area contributed by atoms with Crippen LogP contribution < -0.4 is 5.73 Å². The summed E-state index contributed by atoms with van der Waals surface area (Å²) in [4.78, 5) is 26.3. The number of cyclic esters (lactones) is 1. The van der Waals surface area contributed by atoms with Crippen LogP contribution in [0.2, 0.25) is 0 Å². The van der Waals surface area contributed by atoms with Crippen LogP contribution >= 0.6 is 0 Å². The molecule has 1 aromatic rings. The molecule has 2 N–H and O–H groups in total. The summed E-state index contributed by atoms with van der Waals surface area (Å²) in [7, 11) is 0. The highest BCUT2D eigenvalue weighted by Crippen LogP contribution is 2.25. The van der Waals surface area contributed by atoms with E-state index in [1.807, 2.05) is 30.3 Å². The van der Waals surface area contributed by atoms with E-state index in [1.165, 1.54) is 0 Å². The predicted molar refractivity (Wildman–Crippen MR) is 88.2 cm³/mol. The summed E-state index contributed by atoms with van der Waals surface area (Å²) in [6.07, 6.45) is 0.654. The van der Waals surface area contributed by atoms with Gasteiger partial charge in [-0.15, -0.1) is 0 Å². The molecule has 3 atom stereocenters. The molecule has 1 aliphatic rings. The Kier molecular flexibility index (Phi) is 5.77. The lowest BCUT2D eigenvalue weighted by Crippen LogP contribution is -2.46. The first-order valence-electron chi connectivity index (χ1n) is 8.19. The summed E-state index contributed by atoms with van der Waals surface area (Å²) in [6, 6.07) is 8.53. The van der Waals surface area contributed by atoms with Gasteiger partial charge in [-0.1, -0.05) is 44.2 Å². The second-order valence-corrected chi connectivity index (χ2v) is 6.67. The lowest BCUT2D eigenvalue weighted by Gasteiger charge is -2.30. The molecule has 1 amide bonds. The highest BCUT2D eigenvalue weighted by atomic mass is 16.6. The van der Waals surface area contributed by atoms with Crippen molar-refractivity contribution >= 4 is 11.9 Å². The molecule has 1 aromatic carbocycles. The Labute approximate surface area is 137 Å². The normalized spacial score (nSPS) is 23.3. The fourth-order valence-corrected chi connectivity index (χ4v) is 3.10. The molecule has 2 rings (SSSR count). The fraction of sp³-hybridized carbons (Fsp3) is 0.556. The molecular weight excluding hydrogens is 292 g/mol. The maximum Gasteiger partial charge on any atom is 0.308 e. The first kappa shape index (κ1) is 17.5. The summed E-state index contributed by atoms with van der Waals surface area (Å²) in [5.74, 6) is 0.124. The number of nitrogens with zero attached hydrogens (tertiary/aromatic N) is 1. The molecule has 0 saturated carbocycles. The molecule has 1 saturated heterocycles. The Hall–Kier alpha value is -1.88. The van der Waals surface area contributed by atoms with Crippen LogP contribution in [-0.2, 0) is 14.3 Å². The Balaban J connectivity index is 2.17. The zero-order valence-corrected chi connectivity index (χ0v) is 14.1. The van der Waals surface area contributed by atoms with Gasteiger partial charge < -0.3 is 15.4 Å². The summed E-state index contributed by atoms with van der Waals surface area (Å²) in [5, 5.41) is 0. The maximum absolute atomic E-state index is 12.8. The summed E-state index contributed by atoms with van der Waals surface area (Å²) in [5.41, 5.74) is 6.90. The van der Waals surface area contributed by atoms with Crippen LogP contribution in [0.25, 0.3) is 0 Å². The quantitative estimate of drug-likeness (QED) is 0.866. The molecule has 1 heterocycles. The van der Waals surface area contributed by atoms with Crippen LogP contribution in [0.4, 0.5) is 0 Å². The van der Waals surface area contributed by atoms with Crippen molar-refractivity contribution in [3.05, 3.63) is 35.9 Å². The fourth-order valence-electron chi connectivity index (χ4n) is 3.10. The number of rotatable bonds is 4. The Morgan fingerprint density at radius 3 is 2.61 bits per heavy atom. The van der Waals surface area contributed by atoms with Gasteiger partial charge in [-0.2, -0.15) is 0 Å². The summed E-state index contributed by atoms with van der Waals surface area (Å²) < 4.78 is 5.35. The van der Waals surface area contributed by atoms with Crippen LogP contribution in [-0.4, -0.2) is 29.5 Å². The van der Waals surface area contributed by atoms with Gasteiger partial charge in [0, 0.05) is 6.54 Å². The number of hydrogen-bond acceptors (Lipinski definition) is 4. The number of esters is 1. The molecular formula is C18H26N2O3. The Morgan fingerprint density at radius 2 is 2.00 bits per heavy atom. The second-order valence-electron chi connectivity index (χ2n) is 6.67. The van der Waals surface area contributed by atoms with Crippen LogP contribution in [0.15, 0.2) is 30.3 Å². The highest BCUT2D eigenvalue weighted by Gasteiger charge is 2.34. The summed E-state index contributed by atoms with van der Waals surface area (Å²) >= 11 is 0. The highest BCUT2D eigenvalue weighted by molar-refractivity contribution is 5.84. The van der Waals surface area contributed by atoms with Gasteiger partial charge in [-0.3, -0.25) is 9.59 Å². The predicted octanol–water partition coefficient (Wildman–Crippen LogP) is 2.47. The minimum absolute atomic E-state index is 0.111. The third-order valence-electron chi connectivity index (χ3n) is 4.16. The van der Waals surface area contributed by atoms with Crippen molar-refractivity contribution in [2.45, 2.75) is 45.9 Å². The van der Waals surface area contributed by atoms with Crippen LogP contribution in [0, 0.1) is 11.8 Å². The van der Waals surface area contributed by atoms with Gasteiger partial charge in [0.05, 0.1) is 6.42 Å². The van der Waals surface area contributed by atoms with Crippen molar-refractivity contribution in [2.75, 3.05) is 6.54 Å². The minimum atomic E-state index is -0.741. The third-order valence-corrected chi connectivity index (χ3v) is 4.16. The number of ether oxygens (including phenoxy) is 1. The van der Waals surface area contributed by atoms with Crippen molar-refractivity contribution in [3.63, 3.8) is 0 Å². The molecule has 0 aliphatic carbocycles. The van der Waals surface area contributed by atoms with E-state index in [9.17, 15) is 9.59 Å². The largest absolute Gasteiger partial charge is 0.442 e. The monoisotopic (exact) mass is 318 g/mol. The lowest BCUT2D eigenvalue weighted by atomic mass is 9.93. The average molecular weight is 318 g/mol. The van der Waals surface area contributed by atoms with Gasteiger partial charge in [-0.05, 0) is 30.7 Å². The van der Waals surface area contributed by atoms with Gasteiger partial charge in [0.2, 0.25) is 5.91 Å². The molecule has 0 bridgehead atoms. The molecule has 5 nitrogen and oxygen atoms in total. The number of amides is 1. The summed E-state index contributed by atoms with van der Waals surface area (Å²) in [6.45, 7) is 6.46. The van der Waals surface area contributed by atoms with Gasteiger partial charge in [0.15, 0.2) is 6.23 Å². The molecule has 1 fully saturated rings. The molecule has 23 heavy (non-hydrogen) atoms. The number of carbonyl (C=O) groups excluding carboxylic acids is 2. The molecule has 1 aliphatic heterocycles. The van der Waals surface area contributed by atoms with E-state index in [0.29, 0.717) is 18.9 Å². The van der Waals surface area contributed by atoms with E-state index in [-0.39, 0.29) is 17.8 Å². The Morgan fingerprint density at radius 1 is 1.35 bits per heavy atom. The van der Waals surface area contributed by atoms with Gasteiger partial charge in [0.1, 0.15) is 6.04 Å². The number of hydrogen-bond donors (Lipinski definition) is 1. The zero-order chi connectivity index (χ0) is 17.0. The van der Waals surface area contributed by atoms with Crippen LogP contribution in [0.3, 0.4) is 0 Å². The number of nitrogens with two attached hydrogens (primary N) is 1. The SMILES string of the molecule is CC(C)CC1CC(=O)OC(C)N(C(=O)C(N)c2ccccc2)C1. The van der Waals surface area contributed by atoms with E-state index >= 15 is 0 Å². The van der Waals surface area contributed by atoms with Gasteiger partial charge >= 0.3 is 5.97 Å². The van der Waals surface area contributed by atoms with Gasteiger partial charge in [0.25, 0.3) is 0 Å². The van der Waals surface area contributed by atoms with Crippen LogP contribution in [0.5, 0.6) is 0 Å². The lowest BCUT2D eigenvalue weighted by molar-refractivity contribution is -0.159. The van der Waals surface area contributed by atoms with Crippen molar-refractivity contribution in [3.8, 4) is 0 Å². The zero-order valence-electron chi connectivity index (χ0n) is 14.1. The first-order chi connectivity index (χ1) is 10.9. The Bertz CT molecular complexity index is 544. The van der Waals surface area contributed by atoms with E-state index in [1.54, 1.807) is 11.8 Å². The standard InChI is InChI=1S/C18H26N2O3/c1-12(2)9-14-10-16(21)23-13(3)20(11-14)18(22)17(19)15-7-5-4-6-8-15/h4-8,12-14,17H,9-11,19H2,1-3H3. The van der Waals surface area contributed by atoms with Crippen molar-refractivity contribution in [1.82, 2.24) is 4.90 Å². The molecule has 5 heteroatoms. The molecule has 126 valence electrons. The second kappa shape index (κ2) is 7.59. The maximum atomic E-state index is 12.8. The van der Waals surface area contributed by atoms with Gasteiger partial charge in [-0.25, -0.2) is 0 Å². The number of benzene rings is 1. The van der Waals surface area contributed by atoms with Crippen LogP contribution in [0.1, 0.15) is 45.2 Å². The van der Waals surface area contributed by atoms with E-state index < -0.39 is 12.3 Å². The van der Waals surface area contributed by atoms with E-state index in [2.05, 4.69) is 13.8 Å². The average Bonchev–Trinajstić information content (AvgIpc) is 2.64. The molecule has 0 spiro atoms. The van der Waals surface area contributed by atoms with Crippen molar-refractivity contribution in [1.29, 1.82) is 0 Å². The van der Waals surface area contributed by atoms with Crippen molar-refractivity contribution in [2.24, 2.45) is 17.6 Å². The van der Waals surface area contributed by atoms with E-state index in [0.717, 1.165) is 12.0 Å². The topological polar surface area (TPSA) is 72.6 Å². The first-order valence-corrected chi connectivity index (χ1v) is 8.19. The molecule has 0 aromatic heterocycles.